The first kappa shape index (κ1) is 28.7. The predicted octanol–water partition coefficient (Wildman–Crippen LogP) is 4.28. The number of hydrogen-bond donors (Lipinski definition) is 5. The van der Waals surface area contributed by atoms with Gasteiger partial charge in [0.2, 0.25) is 11.8 Å². The number of methoxy groups -OCH3 is 2. The maximum atomic E-state index is 13.9. The standard InChI is InChI=1S/C30H31N5O6/c1-17(36)33-21-6-4-5-19(14-21)24(16-27(37)38)35-30(39)28(20-7-10-25(40-2)26(15-20)41-3)34-22-8-9-23-18(13-22)11-12-32-29(23)31/h4-15,24,28,34H,16H2,1-3H3,(H2,31,32)(H,33,36)(H,35,39)(H,37,38)/t24?,28-/m1/s1. The number of fused-ring (bicyclic) bond motifs is 1. The van der Waals surface area contributed by atoms with E-state index in [0.29, 0.717) is 39.8 Å². The molecule has 6 N–H and O–H groups in total. The van der Waals surface area contributed by atoms with E-state index in [2.05, 4.69) is 20.9 Å². The van der Waals surface area contributed by atoms with E-state index in [1.807, 2.05) is 18.2 Å². The molecule has 11 heteroatoms. The molecule has 1 aromatic heterocycles. The van der Waals surface area contributed by atoms with Gasteiger partial charge in [-0.2, -0.15) is 0 Å². The van der Waals surface area contributed by atoms with E-state index in [1.165, 1.54) is 21.1 Å². The molecule has 0 radical (unpaired) electrons. The third kappa shape index (κ3) is 7.01. The number of aromatic nitrogens is 1. The summed E-state index contributed by atoms with van der Waals surface area (Å²) in [5.74, 6) is -0.554. The zero-order valence-electron chi connectivity index (χ0n) is 22.8. The van der Waals surface area contributed by atoms with Crippen LogP contribution in [0, 0.1) is 0 Å². The van der Waals surface area contributed by atoms with Gasteiger partial charge in [0.25, 0.3) is 0 Å². The van der Waals surface area contributed by atoms with Crippen LogP contribution in [0.1, 0.15) is 36.6 Å². The molecule has 0 aliphatic rings. The van der Waals surface area contributed by atoms with Crippen molar-refractivity contribution in [1.82, 2.24) is 10.3 Å². The van der Waals surface area contributed by atoms with Gasteiger partial charge < -0.3 is 36.3 Å². The molecule has 11 nitrogen and oxygen atoms in total. The molecular weight excluding hydrogens is 526 g/mol. The number of nitrogens with two attached hydrogens (primary N) is 1. The summed E-state index contributed by atoms with van der Waals surface area (Å²) in [6.45, 7) is 1.38. The zero-order valence-corrected chi connectivity index (χ0v) is 22.8. The van der Waals surface area contributed by atoms with Crippen molar-refractivity contribution in [3.63, 3.8) is 0 Å². The van der Waals surface area contributed by atoms with E-state index in [9.17, 15) is 19.5 Å². The summed E-state index contributed by atoms with van der Waals surface area (Å²) in [6, 6.07) is 17.2. The van der Waals surface area contributed by atoms with Gasteiger partial charge in [-0.15, -0.1) is 0 Å². The molecule has 0 fully saturated rings. The Bertz CT molecular complexity index is 1590. The summed E-state index contributed by atoms with van der Waals surface area (Å²) < 4.78 is 10.8. The fraction of sp³-hybridized carbons (Fsp3) is 0.200. The molecule has 1 heterocycles. The minimum Gasteiger partial charge on any atom is -0.493 e. The van der Waals surface area contributed by atoms with Crippen molar-refractivity contribution in [2.24, 2.45) is 0 Å². The first-order valence-electron chi connectivity index (χ1n) is 12.7. The second-order valence-corrected chi connectivity index (χ2v) is 9.29. The van der Waals surface area contributed by atoms with Crippen molar-refractivity contribution in [2.75, 3.05) is 30.6 Å². The fourth-order valence-corrected chi connectivity index (χ4v) is 4.51. The third-order valence-corrected chi connectivity index (χ3v) is 6.41. The van der Waals surface area contributed by atoms with Crippen molar-refractivity contribution >= 4 is 45.7 Å². The Kier molecular flexibility index (Phi) is 8.88. The minimum atomic E-state index is -1.10. The molecule has 4 aromatic rings. The number of pyridine rings is 1. The summed E-state index contributed by atoms with van der Waals surface area (Å²) in [5, 5.41) is 20.1. The van der Waals surface area contributed by atoms with Crippen LogP contribution in [0.5, 0.6) is 11.5 Å². The minimum absolute atomic E-state index is 0.272. The molecule has 0 aliphatic heterocycles. The van der Waals surface area contributed by atoms with Crippen molar-refractivity contribution in [3.8, 4) is 11.5 Å². The largest absolute Gasteiger partial charge is 0.493 e. The highest BCUT2D eigenvalue weighted by molar-refractivity contribution is 5.94. The molecule has 0 saturated carbocycles. The van der Waals surface area contributed by atoms with Gasteiger partial charge in [0.1, 0.15) is 11.9 Å². The average molecular weight is 558 g/mol. The third-order valence-electron chi connectivity index (χ3n) is 6.41. The Balaban J connectivity index is 1.72. The highest BCUT2D eigenvalue weighted by Gasteiger charge is 2.27. The quantitative estimate of drug-likeness (QED) is 0.181. The van der Waals surface area contributed by atoms with Crippen LogP contribution in [0.15, 0.2) is 72.9 Å². The first-order valence-corrected chi connectivity index (χ1v) is 12.7. The van der Waals surface area contributed by atoms with Crippen LogP contribution in [0.3, 0.4) is 0 Å². The van der Waals surface area contributed by atoms with Gasteiger partial charge in [-0.25, -0.2) is 4.98 Å². The van der Waals surface area contributed by atoms with E-state index in [0.717, 1.165) is 10.8 Å². The van der Waals surface area contributed by atoms with Gasteiger partial charge in [0, 0.05) is 29.9 Å². The molecule has 1 unspecified atom stereocenters. The molecule has 0 saturated heterocycles. The summed E-state index contributed by atoms with van der Waals surface area (Å²) in [5.41, 5.74) is 8.18. The smallest absolute Gasteiger partial charge is 0.305 e. The summed E-state index contributed by atoms with van der Waals surface area (Å²) >= 11 is 0. The lowest BCUT2D eigenvalue weighted by atomic mass is 10.00. The van der Waals surface area contributed by atoms with Gasteiger partial charge in [-0.05, 0) is 65.0 Å². The molecule has 0 aliphatic carbocycles. The van der Waals surface area contributed by atoms with E-state index in [-0.39, 0.29) is 12.3 Å². The number of carboxylic acid groups (broad SMARTS) is 1. The second-order valence-electron chi connectivity index (χ2n) is 9.29. The molecule has 0 bridgehead atoms. The molecule has 212 valence electrons. The average Bonchev–Trinajstić information content (AvgIpc) is 2.94. The number of nitrogens with zero attached hydrogens (tertiary/aromatic N) is 1. The molecule has 2 amide bonds. The van der Waals surface area contributed by atoms with Crippen LogP contribution < -0.4 is 31.2 Å². The van der Waals surface area contributed by atoms with Crippen LogP contribution in [0.25, 0.3) is 10.8 Å². The fourth-order valence-electron chi connectivity index (χ4n) is 4.51. The number of aliphatic carboxylic acids is 1. The topological polar surface area (TPSA) is 165 Å². The number of nitrogens with one attached hydrogen (secondary N) is 3. The second kappa shape index (κ2) is 12.7. The molecule has 4 rings (SSSR count). The lowest BCUT2D eigenvalue weighted by Gasteiger charge is -2.25. The molecule has 3 aromatic carbocycles. The maximum absolute atomic E-state index is 13.9. The lowest BCUT2D eigenvalue weighted by molar-refractivity contribution is -0.137. The summed E-state index contributed by atoms with van der Waals surface area (Å²) in [6.07, 6.45) is 1.22. The number of amides is 2. The monoisotopic (exact) mass is 557 g/mol. The van der Waals surface area contributed by atoms with Crippen LogP contribution in [-0.4, -0.2) is 42.1 Å². The van der Waals surface area contributed by atoms with Crippen LogP contribution in [0.2, 0.25) is 0 Å². The van der Waals surface area contributed by atoms with Gasteiger partial charge in [0.05, 0.1) is 26.7 Å². The highest BCUT2D eigenvalue weighted by atomic mass is 16.5. The number of nitrogen functional groups attached to an aromatic ring is 1. The number of carbonyl (C=O) groups excluding carboxylic acids is 2. The summed E-state index contributed by atoms with van der Waals surface area (Å²) in [7, 11) is 3.01. The van der Waals surface area contributed by atoms with Gasteiger partial charge in [-0.1, -0.05) is 18.2 Å². The zero-order chi connectivity index (χ0) is 29.5. The number of ether oxygens (including phenoxy) is 2. The van der Waals surface area contributed by atoms with Crippen molar-refractivity contribution in [3.05, 3.63) is 84.1 Å². The normalized spacial score (nSPS) is 12.2. The van der Waals surface area contributed by atoms with Crippen LogP contribution in [0.4, 0.5) is 17.2 Å². The van der Waals surface area contributed by atoms with Gasteiger partial charge in [0.15, 0.2) is 11.5 Å². The maximum Gasteiger partial charge on any atom is 0.305 e. The van der Waals surface area contributed by atoms with E-state index in [1.54, 1.807) is 54.7 Å². The number of hydrogen-bond acceptors (Lipinski definition) is 8. The molecular formula is C30H31N5O6. The van der Waals surface area contributed by atoms with Crippen LogP contribution in [-0.2, 0) is 14.4 Å². The van der Waals surface area contributed by atoms with Crippen LogP contribution >= 0.6 is 0 Å². The van der Waals surface area contributed by atoms with Crippen molar-refractivity contribution in [2.45, 2.75) is 25.4 Å². The number of carbonyl (C=O) groups is 3. The lowest BCUT2D eigenvalue weighted by Crippen LogP contribution is -2.37. The molecule has 0 spiro atoms. The van der Waals surface area contributed by atoms with Gasteiger partial charge >= 0.3 is 5.97 Å². The first-order chi connectivity index (χ1) is 19.7. The van der Waals surface area contributed by atoms with E-state index < -0.39 is 24.0 Å². The molecule has 41 heavy (non-hydrogen) atoms. The number of benzene rings is 3. The number of anilines is 3. The Morgan fingerprint density at radius 3 is 2.41 bits per heavy atom. The Morgan fingerprint density at radius 1 is 0.927 bits per heavy atom. The number of carboxylic acids is 1. The van der Waals surface area contributed by atoms with Gasteiger partial charge in [-0.3, -0.25) is 14.4 Å². The van der Waals surface area contributed by atoms with E-state index >= 15 is 0 Å². The Hall–Kier alpha value is -5.32. The molecule has 2 atom stereocenters. The highest BCUT2D eigenvalue weighted by Crippen LogP contribution is 2.33. The van der Waals surface area contributed by atoms with Crippen molar-refractivity contribution in [1.29, 1.82) is 0 Å². The SMILES string of the molecule is COc1ccc([C@@H](Nc2ccc3c(N)nccc3c2)C(=O)NC(CC(=O)O)c2cccc(NC(C)=O)c2)cc1OC. The predicted molar refractivity (Wildman–Crippen MR) is 156 cm³/mol. The Morgan fingerprint density at radius 2 is 1.71 bits per heavy atom. The number of rotatable bonds is 11. The summed E-state index contributed by atoms with van der Waals surface area (Å²) in [4.78, 5) is 41.4. The van der Waals surface area contributed by atoms with E-state index in [4.69, 9.17) is 15.2 Å². The Labute approximate surface area is 236 Å². The van der Waals surface area contributed by atoms with Crippen molar-refractivity contribution < 1.29 is 29.0 Å².